The van der Waals surface area contributed by atoms with Gasteiger partial charge in [0.2, 0.25) is 5.78 Å². The van der Waals surface area contributed by atoms with Crippen LogP contribution in [0.1, 0.15) is 22.8 Å². The minimum atomic E-state index is -0.940. The first-order valence-corrected chi connectivity index (χ1v) is 6.68. The molecule has 1 atom stereocenters. The molecule has 0 aliphatic rings. The second kappa shape index (κ2) is 6.22. The summed E-state index contributed by atoms with van der Waals surface area (Å²) in [5.41, 5.74) is 0.739. The zero-order chi connectivity index (χ0) is 15.6. The van der Waals surface area contributed by atoms with E-state index in [2.05, 4.69) is 0 Å². The predicted molar refractivity (Wildman–Crippen MR) is 77.0 cm³/mol. The number of rotatable bonds is 4. The first-order chi connectivity index (χ1) is 9.88. The van der Waals surface area contributed by atoms with Gasteiger partial charge in [0.15, 0.2) is 6.10 Å². The Bertz CT molecular complexity index is 686. The second-order valence-corrected chi connectivity index (χ2v) is 5.09. The molecule has 2 nitrogen and oxygen atoms in total. The largest absolute Gasteiger partial charge is 0.481 e. The summed E-state index contributed by atoms with van der Waals surface area (Å²) in [6.07, 6.45) is -0.940. The molecule has 0 heterocycles. The van der Waals surface area contributed by atoms with E-state index in [1.165, 1.54) is 6.92 Å². The number of carbonyl (C=O) groups is 1. The molecule has 0 bridgehead atoms. The van der Waals surface area contributed by atoms with Crippen LogP contribution in [0.3, 0.4) is 0 Å². The lowest BCUT2D eigenvalue weighted by Gasteiger charge is -2.15. The highest BCUT2D eigenvalue weighted by Gasteiger charge is 2.21. The molecule has 0 spiro atoms. The summed E-state index contributed by atoms with van der Waals surface area (Å²) in [4.78, 5) is 12.1. The zero-order valence-corrected chi connectivity index (χ0v) is 12.2. The number of hydrogen-bond acceptors (Lipinski definition) is 2. The van der Waals surface area contributed by atoms with Crippen molar-refractivity contribution in [2.24, 2.45) is 0 Å². The van der Waals surface area contributed by atoms with Crippen molar-refractivity contribution in [2.75, 3.05) is 0 Å². The summed E-state index contributed by atoms with van der Waals surface area (Å²) in [5.74, 6) is -1.89. The van der Waals surface area contributed by atoms with Crippen molar-refractivity contribution in [1.82, 2.24) is 0 Å². The second-order valence-electron chi connectivity index (χ2n) is 4.68. The van der Waals surface area contributed by atoms with Crippen LogP contribution in [0.25, 0.3) is 0 Å². The number of carbonyl (C=O) groups excluding carboxylic acids is 1. The predicted octanol–water partition coefficient (Wildman–Crippen LogP) is 4.58. The highest BCUT2D eigenvalue weighted by atomic mass is 35.5. The minimum absolute atomic E-state index is 0.216. The maximum atomic E-state index is 13.6. The number of aryl methyl sites for hydroxylation is 1. The SMILES string of the molecule is Cc1ccc(OC(C)C(=O)c2ccc(F)cc2F)c(Cl)c1. The van der Waals surface area contributed by atoms with Gasteiger partial charge in [0.05, 0.1) is 10.6 Å². The summed E-state index contributed by atoms with van der Waals surface area (Å²) >= 11 is 6.02. The molecule has 21 heavy (non-hydrogen) atoms. The van der Waals surface area contributed by atoms with Crippen LogP contribution < -0.4 is 4.74 Å². The number of ketones is 1. The molecule has 0 aliphatic carbocycles. The summed E-state index contributed by atoms with van der Waals surface area (Å²) < 4.78 is 31.9. The number of benzene rings is 2. The first-order valence-electron chi connectivity index (χ1n) is 6.30. The Morgan fingerprint density at radius 3 is 2.52 bits per heavy atom. The lowest BCUT2D eigenvalue weighted by atomic mass is 10.1. The van der Waals surface area contributed by atoms with E-state index in [0.717, 1.165) is 17.7 Å². The van der Waals surface area contributed by atoms with Gasteiger partial charge in [-0.15, -0.1) is 0 Å². The van der Waals surface area contributed by atoms with E-state index in [0.29, 0.717) is 16.8 Å². The van der Waals surface area contributed by atoms with Crippen LogP contribution in [0.4, 0.5) is 8.78 Å². The Balaban J connectivity index is 2.19. The molecular weight excluding hydrogens is 298 g/mol. The average Bonchev–Trinajstić information content (AvgIpc) is 2.41. The van der Waals surface area contributed by atoms with Gasteiger partial charge < -0.3 is 4.74 Å². The van der Waals surface area contributed by atoms with Crippen LogP contribution in [0, 0.1) is 18.6 Å². The van der Waals surface area contributed by atoms with Gasteiger partial charge in [0.1, 0.15) is 17.4 Å². The highest BCUT2D eigenvalue weighted by molar-refractivity contribution is 6.32. The van der Waals surface area contributed by atoms with Crippen molar-refractivity contribution in [1.29, 1.82) is 0 Å². The van der Waals surface area contributed by atoms with Gasteiger partial charge in [0, 0.05) is 6.07 Å². The fourth-order valence-corrected chi connectivity index (χ4v) is 2.13. The molecule has 0 aromatic heterocycles. The first kappa shape index (κ1) is 15.4. The third-order valence-corrected chi connectivity index (χ3v) is 3.25. The maximum Gasteiger partial charge on any atom is 0.205 e. The topological polar surface area (TPSA) is 26.3 Å². The summed E-state index contributed by atoms with van der Waals surface area (Å²) in [5, 5.41) is 0.370. The van der Waals surface area contributed by atoms with Gasteiger partial charge in [-0.05, 0) is 43.7 Å². The fraction of sp³-hybridized carbons (Fsp3) is 0.188. The van der Waals surface area contributed by atoms with E-state index >= 15 is 0 Å². The summed E-state index contributed by atoms with van der Waals surface area (Å²) in [6.45, 7) is 3.36. The van der Waals surface area contributed by atoms with Crippen molar-refractivity contribution in [3.63, 3.8) is 0 Å². The Hall–Kier alpha value is -1.94. The van der Waals surface area contributed by atoms with Crippen LogP contribution in [0.5, 0.6) is 5.75 Å². The fourth-order valence-electron chi connectivity index (χ4n) is 1.85. The monoisotopic (exact) mass is 310 g/mol. The Labute approximate surface area is 126 Å². The van der Waals surface area contributed by atoms with Crippen molar-refractivity contribution in [3.8, 4) is 5.75 Å². The molecular formula is C16H13ClF2O2. The molecule has 0 fully saturated rings. The Morgan fingerprint density at radius 2 is 1.90 bits per heavy atom. The molecule has 0 radical (unpaired) electrons. The molecule has 0 N–H and O–H groups in total. The molecule has 2 aromatic rings. The summed E-state index contributed by atoms with van der Waals surface area (Å²) in [7, 11) is 0. The van der Waals surface area contributed by atoms with E-state index in [1.807, 2.05) is 6.92 Å². The molecule has 1 unspecified atom stereocenters. The molecule has 0 saturated carbocycles. The van der Waals surface area contributed by atoms with Crippen LogP contribution >= 0.6 is 11.6 Å². The Morgan fingerprint density at radius 1 is 1.19 bits per heavy atom. The van der Waals surface area contributed by atoms with Crippen LogP contribution in [0.15, 0.2) is 36.4 Å². The number of Topliss-reactive ketones (excluding diaryl/α,β-unsaturated/α-hetero) is 1. The van der Waals surface area contributed by atoms with Crippen LogP contribution in [-0.2, 0) is 0 Å². The minimum Gasteiger partial charge on any atom is -0.481 e. The van der Waals surface area contributed by atoms with Crippen molar-refractivity contribution in [2.45, 2.75) is 20.0 Å². The zero-order valence-electron chi connectivity index (χ0n) is 11.5. The highest BCUT2D eigenvalue weighted by Crippen LogP contribution is 2.27. The molecule has 5 heteroatoms. The molecule has 2 aromatic carbocycles. The molecule has 0 amide bonds. The van der Waals surface area contributed by atoms with Gasteiger partial charge in [0.25, 0.3) is 0 Å². The van der Waals surface area contributed by atoms with Gasteiger partial charge >= 0.3 is 0 Å². The van der Waals surface area contributed by atoms with Gasteiger partial charge in [-0.25, -0.2) is 8.78 Å². The van der Waals surface area contributed by atoms with E-state index in [9.17, 15) is 13.6 Å². The lowest BCUT2D eigenvalue weighted by Crippen LogP contribution is -2.25. The van der Waals surface area contributed by atoms with E-state index in [1.54, 1.807) is 18.2 Å². The molecule has 110 valence electrons. The Kier molecular flexibility index (Phi) is 4.58. The van der Waals surface area contributed by atoms with Crippen LogP contribution in [0.2, 0.25) is 5.02 Å². The molecule has 2 rings (SSSR count). The van der Waals surface area contributed by atoms with Crippen molar-refractivity contribution in [3.05, 3.63) is 64.2 Å². The van der Waals surface area contributed by atoms with E-state index < -0.39 is 23.5 Å². The standard InChI is InChI=1S/C16H13ClF2O2/c1-9-3-6-15(13(17)7-9)21-10(2)16(20)12-5-4-11(18)8-14(12)19/h3-8,10H,1-2H3. The molecule has 0 aliphatic heterocycles. The number of halogens is 3. The average molecular weight is 311 g/mol. The van der Waals surface area contributed by atoms with E-state index in [4.69, 9.17) is 16.3 Å². The van der Waals surface area contributed by atoms with Crippen molar-refractivity contribution < 1.29 is 18.3 Å². The third-order valence-electron chi connectivity index (χ3n) is 2.96. The van der Waals surface area contributed by atoms with Gasteiger partial charge in [-0.2, -0.15) is 0 Å². The summed E-state index contributed by atoms with van der Waals surface area (Å²) in [6, 6.07) is 7.93. The number of hydrogen-bond donors (Lipinski definition) is 0. The van der Waals surface area contributed by atoms with E-state index in [-0.39, 0.29) is 5.56 Å². The maximum absolute atomic E-state index is 13.6. The third kappa shape index (κ3) is 3.58. The van der Waals surface area contributed by atoms with Crippen LogP contribution in [-0.4, -0.2) is 11.9 Å². The van der Waals surface area contributed by atoms with Gasteiger partial charge in [-0.3, -0.25) is 4.79 Å². The van der Waals surface area contributed by atoms with Gasteiger partial charge in [-0.1, -0.05) is 17.7 Å². The normalized spacial score (nSPS) is 12.0. The smallest absolute Gasteiger partial charge is 0.205 e. The lowest BCUT2D eigenvalue weighted by molar-refractivity contribution is 0.0814. The number of ether oxygens (including phenoxy) is 1. The van der Waals surface area contributed by atoms with Crippen molar-refractivity contribution >= 4 is 17.4 Å². The quantitative estimate of drug-likeness (QED) is 0.773. The molecule has 0 saturated heterocycles.